The molecule has 6 heterocycles. The Bertz CT molecular complexity index is 1970. The summed E-state index contributed by atoms with van der Waals surface area (Å²) >= 11 is 0. The first-order valence-corrected chi connectivity index (χ1v) is 12.7. The highest BCUT2D eigenvalue weighted by Gasteiger charge is 2.21. The van der Waals surface area contributed by atoms with Crippen LogP contribution in [0.3, 0.4) is 0 Å². The zero-order valence-electron chi connectivity index (χ0n) is 21.4. The third-order valence-electron chi connectivity index (χ3n) is 6.70. The zero-order valence-corrected chi connectivity index (χ0v) is 21.4. The first-order chi connectivity index (χ1) is 19.6. The Kier molecular flexibility index (Phi) is 5.82. The molecule has 11 heteroatoms. The van der Waals surface area contributed by atoms with E-state index in [-0.39, 0.29) is 11.0 Å². The Morgan fingerprint density at radius 3 is 2.70 bits per heavy atom. The number of aromatic amines is 2. The van der Waals surface area contributed by atoms with Crippen LogP contribution in [0, 0.1) is 12.7 Å². The molecule has 0 atom stereocenters. The first kappa shape index (κ1) is 23.8. The lowest BCUT2D eigenvalue weighted by atomic mass is 10.1. The summed E-state index contributed by atoms with van der Waals surface area (Å²) in [7, 11) is 0. The lowest BCUT2D eigenvalue weighted by molar-refractivity contribution is 0.642. The van der Waals surface area contributed by atoms with E-state index in [9.17, 15) is 0 Å². The lowest BCUT2D eigenvalue weighted by Gasteiger charge is -2.08. The predicted octanol–water partition coefficient (Wildman–Crippen LogP) is 4.88. The van der Waals surface area contributed by atoms with Gasteiger partial charge < -0.3 is 10.3 Å². The van der Waals surface area contributed by atoms with Gasteiger partial charge in [0.1, 0.15) is 23.4 Å². The molecule has 3 N–H and O–H groups in total. The minimum atomic E-state index is -0.450. The molecule has 0 unspecified atom stereocenters. The van der Waals surface area contributed by atoms with Crippen LogP contribution in [0.1, 0.15) is 16.8 Å². The molecule has 6 aromatic heterocycles. The maximum atomic E-state index is 16.1. The van der Waals surface area contributed by atoms with Crippen LogP contribution in [0.4, 0.5) is 4.39 Å². The van der Waals surface area contributed by atoms with E-state index in [1.54, 1.807) is 24.9 Å². The second-order valence-electron chi connectivity index (χ2n) is 9.49. The number of H-pyrrole nitrogens is 2. The van der Waals surface area contributed by atoms with Crippen molar-refractivity contribution in [1.29, 1.82) is 0 Å². The highest BCUT2D eigenvalue weighted by molar-refractivity contribution is 5.95. The summed E-state index contributed by atoms with van der Waals surface area (Å²) in [6.07, 6.45) is 10.1. The van der Waals surface area contributed by atoms with Crippen LogP contribution in [-0.2, 0) is 13.1 Å². The molecule has 7 aromatic rings. The fourth-order valence-electron chi connectivity index (χ4n) is 4.77. The third-order valence-corrected chi connectivity index (χ3v) is 6.70. The van der Waals surface area contributed by atoms with E-state index >= 15 is 4.39 Å². The third kappa shape index (κ3) is 4.28. The minimum Gasteiger partial charge on any atom is -0.336 e. The molecule has 0 radical (unpaired) electrons. The summed E-state index contributed by atoms with van der Waals surface area (Å²) < 4.78 is 17.9. The normalized spacial score (nSPS) is 11.6. The number of benzene rings is 1. The molecular weight excluding hydrogens is 507 g/mol. The standard InChI is InChI=1S/C29H23FN10/c1-17-15-40(16-35-17)29-25-22(7-8-33-29)36-28(37-25)26-23-24(30)21(14-34-27(23)39-38-26)20-9-19(12-32-13-20)11-31-10-18-5-3-2-4-6-18/h2-9,12-16,31H,10-11H2,1H3,(H,36,37)(H,34,38,39). The van der Waals surface area contributed by atoms with E-state index in [2.05, 4.69) is 52.6 Å². The summed E-state index contributed by atoms with van der Waals surface area (Å²) in [5.41, 5.74) is 5.99. The van der Waals surface area contributed by atoms with Crippen molar-refractivity contribution in [2.24, 2.45) is 0 Å². The highest BCUT2D eigenvalue weighted by atomic mass is 19.1. The van der Waals surface area contributed by atoms with Gasteiger partial charge in [-0.05, 0) is 30.2 Å². The fourth-order valence-corrected chi connectivity index (χ4v) is 4.77. The Hall–Kier alpha value is -5.29. The van der Waals surface area contributed by atoms with Gasteiger partial charge in [-0.1, -0.05) is 30.3 Å². The topological polar surface area (TPSA) is 126 Å². The van der Waals surface area contributed by atoms with Crippen LogP contribution in [0.25, 0.3) is 50.5 Å². The second-order valence-corrected chi connectivity index (χ2v) is 9.49. The number of hydrogen-bond donors (Lipinski definition) is 3. The molecule has 0 saturated carbocycles. The minimum absolute atomic E-state index is 0.247. The van der Waals surface area contributed by atoms with Crippen LogP contribution in [0.15, 0.2) is 79.8 Å². The zero-order chi connectivity index (χ0) is 27.1. The average molecular weight is 531 g/mol. The van der Waals surface area contributed by atoms with Gasteiger partial charge in [0, 0.05) is 55.2 Å². The largest absolute Gasteiger partial charge is 0.336 e. The van der Waals surface area contributed by atoms with E-state index in [0.29, 0.717) is 40.5 Å². The Balaban J connectivity index is 1.23. The quantitative estimate of drug-likeness (QED) is 0.268. The van der Waals surface area contributed by atoms with Crippen LogP contribution in [-0.4, -0.2) is 44.7 Å². The van der Waals surface area contributed by atoms with E-state index in [4.69, 9.17) is 4.98 Å². The summed E-state index contributed by atoms with van der Waals surface area (Å²) in [4.78, 5) is 25.6. The van der Waals surface area contributed by atoms with E-state index in [0.717, 1.165) is 23.3 Å². The van der Waals surface area contributed by atoms with Crippen LogP contribution < -0.4 is 5.32 Å². The van der Waals surface area contributed by atoms with E-state index < -0.39 is 5.82 Å². The van der Waals surface area contributed by atoms with Gasteiger partial charge in [0.15, 0.2) is 17.3 Å². The van der Waals surface area contributed by atoms with Crippen molar-refractivity contribution in [2.45, 2.75) is 20.0 Å². The molecule has 0 bridgehead atoms. The first-order valence-electron chi connectivity index (χ1n) is 12.7. The van der Waals surface area contributed by atoms with E-state index in [1.165, 1.54) is 11.8 Å². The molecule has 0 aliphatic rings. The van der Waals surface area contributed by atoms with Gasteiger partial charge in [0.25, 0.3) is 0 Å². The van der Waals surface area contributed by atoms with Crippen LogP contribution in [0.2, 0.25) is 0 Å². The number of fused-ring (bicyclic) bond motifs is 2. The van der Waals surface area contributed by atoms with Crippen molar-refractivity contribution in [3.8, 4) is 28.5 Å². The fraction of sp³-hybridized carbons (Fsp3) is 0.103. The number of rotatable bonds is 7. The molecule has 0 amide bonds. The van der Waals surface area contributed by atoms with Crippen molar-refractivity contribution in [2.75, 3.05) is 0 Å². The number of nitrogens with zero attached hydrogens (tertiary/aromatic N) is 7. The Morgan fingerprint density at radius 1 is 0.975 bits per heavy atom. The number of halogens is 1. The maximum Gasteiger partial charge on any atom is 0.184 e. The number of nitrogens with one attached hydrogen (secondary N) is 3. The molecule has 1 aromatic carbocycles. The number of hydrogen-bond acceptors (Lipinski definition) is 7. The molecule has 10 nitrogen and oxygen atoms in total. The molecule has 0 fully saturated rings. The molecule has 40 heavy (non-hydrogen) atoms. The molecular formula is C29H23FN10. The van der Waals surface area contributed by atoms with Gasteiger partial charge in [-0.2, -0.15) is 5.10 Å². The van der Waals surface area contributed by atoms with Crippen molar-refractivity contribution in [1.82, 2.24) is 50.0 Å². The molecule has 0 spiro atoms. The summed E-state index contributed by atoms with van der Waals surface area (Å²) in [6, 6.07) is 13.9. The Labute approximate surface area is 227 Å². The van der Waals surface area contributed by atoms with Crippen molar-refractivity contribution >= 4 is 22.1 Å². The van der Waals surface area contributed by atoms with Gasteiger partial charge in [0.2, 0.25) is 0 Å². The predicted molar refractivity (Wildman–Crippen MR) is 149 cm³/mol. The molecule has 0 saturated heterocycles. The van der Waals surface area contributed by atoms with Gasteiger partial charge in [-0.15, -0.1) is 0 Å². The number of pyridine rings is 3. The van der Waals surface area contributed by atoms with Crippen LogP contribution in [0.5, 0.6) is 0 Å². The van der Waals surface area contributed by atoms with Gasteiger partial charge in [0.05, 0.1) is 16.6 Å². The smallest absolute Gasteiger partial charge is 0.184 e. The monoisotopic (exact) mass is 530 g/mol. The number of aromatic nitrogens is 9. The highest BCUT2D eigenvalue weighted by Crippen LogP contribution is 2.33. The maximum absolute atomic E-state index is 16.1. The molecule has 0 aliphatic heterocycles. The summed E-state index contributed by atoms with van der Waals surface area (Å²) in [6.45, 7) is 3.22. The Morgan fingerprint density at radius 2 is 1.85 bits per heavy atom. The number of imidazole rings is 2. The summed E-state index contributed by atoms with van der Waals surface area (Å²) in [5, 5.41) is 10.8. The van der Waals surface area contributed by atoms with Crippen LogP contribution >= 0.6 is 0 Å². The number of aryl methyl sites for hydroxylation is 1. The molecule has 196 valence electrons. The summed E-state index contributed by atoms with van der Waals surface area (Å²) in [5.74, 6) is 0.597. The van der Waals surface area contributed by atoms with E-state index in [1.807, 2.05) is 48.0 Å². The average Bonchev–Trinajstić information content (AvgIpc) is 3.72. The van der Waals surface area contributed by atoms with Gasteiger partial charge >= 0.3 is 0 Å². The van der Waals surface area contributed by atoms with Crippen molar-refractivity contribution < 1.29 is 4.39 Å². The molecule has 0 aliphatic carbocycles. The van der Waals surface area contributed by atoms with Crippen molar-refractivity contribution in [3.63, 3.8) is 0 Å². The van der Waals surface area contributed by atoms with Gasteiger partial charge in [-0.3, -0.25) is 14.6 Å². The second kappa shape index (κ2) is 9.79. The SMILES string of the molecule is Cc1cn(-c2nccc3[nH]c(-c4[nH]nc5ncc(-c6cncc(CNCc7ccccc7)c6)c(F)c45)nc23)cn1. The lowest BCUT2D eigenvalue weighted by Crippen LogP contribution is -2.12. The van der Waals surface area contributed by atoms with Crippen molar-refractivity contribution in [3.05, 3.63) is 102 Å². The molecule has 7 rings (SSSR count). The van der Waals surface area contributed by atoms with Gasteiger partial charge in [-0.25, -0.2) is 24.3 Å².